The predicted octanol–water partition coefficient (Wildman–Crippen LogP) is 3.04. The summed E-state index contributed by atoms with van der Waals surface area (Å²) >= 11 is 0. The van der Waals surface area contributed by atoms with Crippen molar-refractivity contribution in [2.45, 2.75) is 13.8 Å². The number of H-pyrrole nitrogens is 1. The monoisotopic (exact) mass is 271 g/mol. The number of halogens is 1. The zero-order valence-corrected chi connectivity index (χ0v) is 11.2. The molecule has 0 aliphatic carbocycles. The maximum atomic E-state index is 14.0. The number of hydrogen-bond donors (Lipinski definition) is 3. The van der Waals surface area contributed by atoms with E-state index in [4.69, 9.17) is 5.73 Å². The molecular formula is C14H14FN5. The highest BCUT2D eigenvalue weighted by Crippen LogP contribution is 2.25. The Hall–Kier alpha value is -2.63. The first-order valence-corrected chi connectivity index (χ1v) is 6.19. The highest BCUT2D eigenvalue weighted by Gasteiger charge is 2.11. The second kappa shape index (κ2) is 4.48. The summed E-state index contributed by atoms with van der Waals surface area (Å²) in [6.07, 6.45) is 0. The van der Waals surface area contributed by atoms with Crippen LogP contribution >= 0.6 is 0 Å². The minimum Gasteiger partial charge on any atom is -0.382 e. The number of aromatic nitrogens is 3. The Morgan fingerprint density at radius 1 is 1.20 bits per heavy atom. The van der Waals surface area contributed by atoms with Gasteiger partial charge < -0.3 is 11.1 Å². The highest BCUT2D eigenvalue weighted by atomic mass is 19.1. The third kappa shape index (κ3) is 2.05. The van der Waals surface area contributed by atoms with Gasteiger partial charge in [-0.25, -0.2) is 9.37 Å². The lowest BCUT2D eigenvalue weighted by Gasteiger charge is -2.09. The van der Waals surface area contributed by atoms with Gasteiger partial charge in [0.05, 0.1) is 5.39 Å². The van der Waals surface area contributed by atoms with Gasteiger partial charge in [0.25, 0.3) is 0 Å². The average molecular weight is 271 g/mol. The quantitative estimate of drug-likeness (QED) is 0.669. The normalized spacial score (nSPS) is 10.9. The van der Waals surface area contributed by atoms with Crippen molar-refractivity contribution in [3.63, 3.8) is 0 Å². The molecule has 0 radical (unpaired) electrons. The second-order valence-electron chi connectivity index (χ2n) is 4.75. The van der Waals surface area contributed by atoms with Crippen LogP contribution in [0.2, 0.25) is 0 Å². The van der Waals surface area contributed by atoms with Crippen molar-refractivity contribution in [2.75, 3.05) is 11.1 Å². The highest BCUT2D eigenvalue weighted by molar-refractivity contribution is 5.87. The van der Waals surface area contributed by atoms with Crippen LogP contribution in [0.25, 0.3) is 11.0 Å². The van der Waals surface area contributed by atoms with Gasteiger partial charge in [0.2, 0.25) is 0 Å². The van der Waals surface area contributed by atoms with Gasteiger partial charge >= 0.3 is 0 Å². The fourth-order valence-electron chi connectivity index (χ4n) is 1.99. The number of rotatable bonds is 2. The maximum absolute atomic E-state index is 14.0. The number of anilines is 3. The van der Waals surface area contributed by atoms with Crippen LogP contribution in [0, 0.1) is 19.7 Å². The second-order valence-corrected chi connectivity index (χ2v) is 4.75. The van der Waals surface area contributed by atoms with Crippen molar-refractivity contribution < 1.29 is 4.39 Å². The summed E-state index contributed by atoms with van der Waals surface area (Å²) < 4.78 is 14.0. The van der Waals surface area contributed by atoms with Crippen LogP contribution < -0.4 is 11.1 Å². The molecule has 0 saturated heterocycles. The van der Waals surface area contributed by atoms with E-state index in [0.29, 0.717) is 11.0 Å². The van der Waals surface area contributed by atoms with Gasteiger partial charge in [-0.1, -0.05) is 6.07 Å². The van der Waals surface area contributed by atoms with Gasteiger partial charge in [-0.15, -0.1) is 0 Å². The summed E-state index contributed by atoms with van der Waals surface area (Å²) in [5.74, 6) is -0.0858. The van der Waals surface area contributed by atoms with Crippen molar-refractivity contribution in [3.05, 3.63) is 41.2 Å². The van der Waals surface area contributed by atoms with E-state index in [0.717, 1.165) is 11.3 Å². The average Bonchev–Trinajstić information content (AvgIpc) is 2.76. The molecule has 0 atom stereocenters. The SMILES string of the molecule is Cc1ccc(Nc2nc3[nH]nc(N)c3cc2F)cc1C. The van der Waals surface area contributed by atoms with Crippen molar-refractivity contribution in [2.24, 2.45) is 0 Å². The van der Waals surface area contributed by atoms with Crippen molar-refractivity contribution in [1.82, 2.24) is 15.2 Å². The fraction of sp³-hybridized carbons (Fsp3) is 0.143. The van der Waals surface area contributed by atoms with Crippen molar-refractivity contribution >= 4 is 28.4 Å². The lowest BCUT2D eigenvalue weighted by atomic mass is 10.1. The molecule has 0 fully saturated rings. The molecule has 0 aliphatic rings. The smallest absolute Gasteiger partial charge is 0.169 e. The van der Waals surface area contributed by atoms with Gasteiger partial charge in [-0.3, -0.25) is 5.10 Å². The number of aromatic amines is 1. The van der Waals surface area contributed by atoms with E-state index in [2.05, 4.69) is 20.5 Å². The number of pyridine rings is 1. The molecule has 0 amide bonds. The summed E-state index contributed by atoms with van der Waals surface area (Å²) in [7, 11) is 0. The van der Waals surface area contributed by atoms with E-state index in [9.17, 15) is 4.39 Å². The Morgan fingerprint density at radius 2 is 2.00 bits per heavy atom. The predicted molar refractivity (Wildman–Crippen MR) is 77.5 cm³/mol. The Kier molecular flexibility index (Phi) is 2.78. The molecule has 0 saturated carbocycles. The lowest BCUT2D eigenvalue weighted by molar-refractivity contribution is 0.629. The Bertz CT molecular complexity index is 794. The minimum atomic E-state index is -0.469. The summed E-state index contributed by atoms with van der Waals surface area (Å²) in [5.41, 5.74) is 9.16. The third-order valence-corrected chi connectivity index (χ3v) is 3.30. The van der Waals surface area contributed by atoms with Crippen LogP contribution in [-0.4, -0.2) is 15.2 Å². The maximum Gasteiger partial charge on any atom is 0.169 e. The number of nitrogens with two attached hydrogens (primary N) is 1. The molecule has 0 bridgehead atoms. The van der Waals surface area contributed by atoms with E-state index in [1.807, 2.05) is 32.0 Å². The summed E-state index contributed by atoms with van der Waals surface area (Å²) in [6.45, 7) is 4.03. The number of fused-ring (bicyclic) bond motifs is 1. The minimum absolute atomic E-state index is 0.143. The van der Waals surface area contributed by atoms with Gasteiger partial charge in [-0.2, -0.15) is 5.10 Å². The van der Waals surface area contributed by atoms with E-state index >= 15 is 0 Å². The third-order valence-electron chi connectivity index (χ3n) is 3.30. The molecule has 3 aromatic rings. The van der Waals surface area contributed by atoms with Crippen LogP contribution in [0.4, 0.5) is 21.7 Å². The Balaban J connectivity index is 2.01. The topological polar surface area (TPSA) is 79.6 Å². The molecule has 0 spiro atoms. The molecule has 0 unspecified atom stereocenters. The zero-order chi connectivity index (χ0) is 14.3. The lowest BCUT2D eigenvalue weighted by Crippen LogP contribution is -1.98. The van der Waals surface area contributed by atoms with Crippen LogP contribution in [0.1, 0.15) is 11.1 Å². The Labute approximate surface area is 115 Å². The van der Waals surface area contributed by atoms with Gasteiger partial charge in [0.15, 0.2) is 23.1 Å². The number of nitrogens with zero attached hydrogens (tertiary/aromatic N) is 2. The van der Waals surface area contributed by atoms with E-state index in [1.54, 1.807) is 0 Å². The standard InChI is InChI=1S/C14H14FN5/c1-7-3-4-9(5-8(7)2)17-14-11(15)6-10-12(16)19-20-13(10)18-14/h3-6H,1-2H3,(H4,16,17,18,19,20). The summed E-state index contributed by atoms with van der Waals surface area (Å²) in [6, 6.07) is 7.13. The van der Waals surface area contributed by atoms with E-state index in [-0.39, 0.29) is 11.6 Å². The van der Waals surface area contributed by atoms with Crippen LogP contribution in [-0.2, 0) is 0 Å². The van der Waals surface area contributed by atoms with E-state index in [1.165, 1.54) is 11.6 Å². The number of nitrogen functional groups attached to an aromatic ring is 1. The van der Waals surface area contributed by atoms with Crippen molar-refractivity contribution in [1.29, 1.82) is 0 Å². The molecule has 5 nitrogen and oxygen atoms in total. The molecule has 1 aromatic carbocycles. The number of benzene rings is 1. The summed E-state index contributed by atoms with van der Waals surface area (Å²) in [4.78, 5) is 4.16. The van der Waals surface area contributed by atoms with Crippen molar-refractivity contribution in [3.8, 4) is 0 Å². The molecule has 2 heterocycles. The largest absolute Gasteiger partial charge is 0.382 e. The first kappa shape index (κ1) is 12.4. The zero-order valence-electron chi connectivity index (χ0n) is 11.2. The molecule has 0 aliphatic heterocycles. The number of hydrogen-bond acceptors (Lipinski definition) is 4. The summed E-state index contributed by atoms with van der Waals surface area (Å²) in [5, 5.41) is 9.92. The first-order chi connectivity index (χ1) is 9.54. The fourth-order valence-corrected chi connectivity index (χ4v) is 1.99. The molecule has 2 aromatic heterocycles. The van der Waals surface area contributed by atoms with Gasteiger partial charge in [0.1, 0.15) is 0 Å². The number of nitrogens with one attached hydrogen (secondary N) is 2. The molecule has 20 heavy (non-hydrogen) atoms. The molecular weight excluding hydrogens is 257 g/mol. The molecule has 102 valence electrons. The Morgan fingerprint density at radius 3 is 2.75 bits per heavy atom. The van der Waals surface area contributed by atoms with Gasteiger partial charge in [-0.05, 0) is 43.2 Å². The molecule has 4 N–H and O–H groups in total. The van der Waals surface area contributed by atoms with Gasteiger partial charge in [0, 0.05) is 5.69 Å². The van der Waals surface area contributed by atoms with Crippen LogP contribution in [0.15, 0.2) is 24.3 Å². The van der Waals surface area contributed by atoms with Crippen LogP contribution in [0.3, 0.4) is 0 Å². The molecule has 6 heteroatoms. The van der Waals surface area contributed by atoms with Crippen LogP contribution in [0.5, 0.6) is 0 Å². The molecule has 3 rings (SSSR count). The first-order valence-electron chi connectivity index (χ1n) is 6.19. The van der Waals surface area contributed by atoms with E-state index < -0.39 is 5.82 Å². The number of aryl methyl sites for hydroxylation is 2.